The summed E-state index contributed by atoms with van der Waals surface area (Å²) >= 11 is 0. The number of nitrogen functional groups attached to an aromatic ring is 1. The molecule has 11 heteroatoms. The number of nitrogens with zero attached hydrogens (tertiary/aromatic N) is 7. The van der Waals surface area contributed by atoms with Gasteiger partial charge in [-0.1, -0.05) is 0 Å². The molecule has 36 heavy (non-hydrogen) atoms. The van der Waals surface area contributed by atoms with Gasteiger partial charge in [0.25, 0.3) is 5.56 Å². The van der Waals surface area contributed by atoms with Gasteiger partial charge in [-0.2, -0.15) is 14.9 Å². The highest BCUT2D eigenvalue weighted by molar-refractivity contribution is 5.70. The van der Waals surface area contributed by atoms with Crippen LogP contribution < -0.4 is 20.8 Å². The van der Waals surface area contributed by atoms with E-state index in [1.54, 1.807) is 50.9 Å². The Morgan fingerprint density at radius 2 is 1.72 bits per heavy atom. The molecule has 0 unspecified atom stereocenters. The summed E-state index contributed by atoms with van der Waals surface area (Å²) < 4.78 is 13.9. The van der Waals surface area contributed by atoms with Gasteiger partial charge in [-0.15, -0.1) is 0 Å². The summed E-state index contributed by atoms with van der Waals surface area (Å²) in [6, 6.07) is 8.48. The molecule has 0 atom stereocenters. The second-order valence-corrected chi connectivity index (χ2v) is 8.77. The minimum atomic E-state index is -0.323. The molecule has 2 N–H and O–H groups in total. The number of hydrogen-bond acceptors (Lipinski definition) is 9. The average Bonchev–Trinajstić information content (AvgIpc) is 3.40. The molecule has 3 aromatic heterocycles. The van der Waals surface area contributed by atoms with Crippen LogP contribution in [0, 0.1) is 0 Å². The van der Waals surface area contributed by atoms with E-state index in [1.807, 2.05) is 10.9 Å². The molecule has 1 aliphatic heterocycles. The fourth-order valence-electron chi connectivity index (χ4n) is 4.29. The van der Waals surface area contributed by atoms with Gasteiger partial charge in [-0.05, 0) is 39.0 Å². The van der Waals surface area contributed by atoms with Gasteiger partial charge in [0.15, 0.2) is 5.82 Å². The van der Waals surface area contributed by atoms with Crippen LogP contribution in [-0.2, 0) is 0 Å². The van der Waals surface area contributed by atoms with Crippen molar-refractivity contribution >= 4 is 5.82 Å². The number of hydrogen-bond donors (Lipinski definition) is 1. The molecule has 11 nitrogen and oxygen atoms in total. The molecule has 1 aromatic carbocycles. The van der Waals surface area contributed by atoms with Gasteiger partial charge >= 0.3 is 0 Å². The predicted molar refractivity (Wildman–Crippen MR) is 135 cm³/mol. The predicted octanol–water partition coefficient (Wildman–Crippen LogP) is 2.42. The molecule has 4 heterocycles. The minimum Gasteiger partial charge on any atom is -0.497 e. The fourth-order valence-corrected chi connectivity index (χ4v) is 4.29. The number of methoxy groups -OCH3 is 2. The van der Waals surface area contributed by atoms with Gasteiger partial charge in [0.1, 0.15) is 22.9 Å². The molecule has 5 rings (SSSR count). The molecule has 0 aliphatic carbocycles. The van der Waals surface area contributed by atoms with Crippen molar-refractivity contribution in [1.82, 2.24) is 34.4 Å². The highest BCUT2D eigenvalue weighted by Crippen LogP contribution is 2.28. The summed E-state index contributed by atoms with van der Waals surface area (Å²) in [6.45, 7) is 2.10. The van der Waals surface area contributed by atoms with E-state index in [4.69, 9.17) is 20.2 Å². The third-order valence-corrected chi connectivity index (χ3v) is 6.38. The Kier molecular flexibility index (Phi) is 6.38. The number of ether oxygens (including phenoxy) is 2. The maximum absolute atomic E-state index is 12.7. The number of rotatable bonds is 6. The van der Waals surface area contributed by atoms with Crippen molar-refractivity contribution < 1.29 is 9.47 Å². The van der Waals surface area contributed by atoms with Crippen LogP contribution in [0.4, 0.5) is 5.82 Å². The van der Waals surface area contributed by atoms with Crippen LogP contribution in [0.5, 0.6) is 11.5 Å². The van der Waals surface area contributed by atoms with Gasteiger partial charge in [0, 0.05) is 36.0 Å². The average molecular weight is 489 g/mol. The normalized spacial score (nSPS) is 14.6. The van der Waals surface area contributed by atoms with Gasteiger partial charge in [0.05, 0.1) is 44.0 Å². The summed E-state index contributed by atoms with van der Waals surface area (Å²) in [5.41, 5.74) is 8.60. The Morgan fingerprint density at radius 1 is 1.00 bits per heavy atom. The standard InChI is InChI=1S/C25H28N8O3/c1-31-8-6-17(7-9-31)32-15-16(13-28-32)22-14-27-25(26)24(29-22)21-4-5-23(34)33(30-21)18-10-19(35-2)12-20(11-18)36-3/h4-5,10-15,17H,6-9H2,1-3H3,(H2,26,27). The lowest BCUT2D eigenvalue weighted by molar-refractivity contribution is 0.212. The van der Waals surface area contributed by atoms with Crippen LogP contribution in [0.15, 0.2) is 53.7 Å². The first-order valence-electron chi connectivity index (χ1n) is 11.6. The molecule has 1 aliphatic rings. The zero-order chi connectivity index (χ0) is 25.2. The van der Waals surface area contributed by atoms with E-state index in [9.17, 15) is 4.79 Å². The Balaban J connectivity index is 1.50. The van der Waals surface area contributed by atoms with E-state index in [1.165, 1.54) is 10.7 Å². The third kappa shape index (κ3) is 4.65. The van der Waals surface area contributed by atoms with Gasteiger partial charge in [-0.3, -0.25) is 9.48 Å². The Hall–Kier alpha value is -4.25. The quantitative estimate of drug-likeness (QED) is 0.435. The SMILES string of the molecule is COc1cc(OC)cc(-n2nc(-c3nc(-c4cnn(C5CCN(C)CC5)c4)cnc3N)ccc2=O)c1. The van der Waals surface area contributed by atoms with E-state index < -0.39 is 0 Å². The van der Waals surface area contributed by atoms with Gasteiger partial charge in [-0.25, -0.2) is 9.97 Å². The van der Waals surface area contributed by atoms with Crippen LogP contribution in [0.1, 0.15) is 18.9 Å². The first-order valence-corrected chi connectivity index (χ1v) is 11.6. The molecule has 4 aromatic rings. The number of likely N-dealkylation sites (tertiary alicyclic amines) is 1. The summed E-state index contributed by atoms with van der Waals surface area (Å²) in [6.07, 6.45) is 7.52. The van der Waals surface area contributed by atoms with Crippen molar-refractivity contribution in [3.63, 3.8) is 0 Å². The third-order valence-electron chi connectivity index (χ3n) is 6.38. The maximum Gasteiger partial charge on any atom is 0.271 e. The van der Waals surface area contributed by atoms with Crippen molar-refractivity contribution in [2.75, 3.05) is 40.1 Å². The topological polar surface area (TPSA) is 126 Å². The summed E-state index contributed by atoms with van der Waals surface area (Å²) in [5, 5.41) is 9.11. The lowest BCUT2D eigenvalue weighted by Crippen LogP contribution is -2.31. The highest BCUT2D eigenvalue weighted by Gasteiger charge is 2.20. The van der Waals surface area contributed by atoms with Crippen LogP contribution in [0.2, 0.25) is 0 Å². The first-order chi connectivity index (χ1) is 17.4. The number of piperidine rings is 1. The number of benzene rings is 1. The summed E-state index contributed by atoms with van der Waals surface area (Å²) in [4.78, 5) is 24.1. The van der Waals surface area contributed by atoms with Crippen molar-refractivity contribution in [3.05, 3.63) is 59.3 Å². The van der Waals surface area contributed by atoms with Crippen molar-refractivity contribution in [1.29, 1.82) is 0 Å². The first kappa shape index (κ1) is 23.5. The number of aromatic nitrogens is 6. The molecule has 0 amide bonds. The Bertz CT molecular complexity index is 1420. The van der Waals surface area contributed by atoms with Crippen molar-refractivity contribution in [3.8, 4) is 39.8 Å². The monoisotopic (exact) mass is 488 g/mol. The van der Waals surface area contributed by atoms with E-state index in [-0.39, 0.29) is 11.4 Å². The molecular weight excluding hydrogens is 460 g/mol. The molecule has 0 bridgehead atoms. The van der Waals surface area contributed by atoms with Crippen molar-refractivity contribution in [2.24, 2.45) is 0 Å². The van der Waals surface area contributed by atoms with E-state index in [0.717, 1.165) is 31.5 Å². The summed E-state index contributed by atoms with van der Waals surface area (Å²) in [5.74, 6) is 1.28. The zero-order valence-electron chi connectivity index (χ0n) is 20.5. The van der Waals surface area contributed by atoms with E-state index >= 15 is 0 Å². The number of anilines is 1. The van der Waals surface area contributed by atoms with Crippen LogP contribution in [-0.4, -0.2) is 68.8 Å². The molecular formula is C25H28N8O3. The van der Waals surface area contributed by atoms with Crippen LogP contribution in [0.3, 0.4) is 0 Å². The van der Waals surface area contributed by atoms with E-state index in [0.29, 0.717) is 40.3 Å². The number of nitrogens with two attached hydrogens (primary N) is 1. The smallest absolute Gasteiger partial charge is 0.271 e. The van der Waals surface area contributed by atoms with Crippen LogP contribution >= 0.6 is 0 Å². The molecule has 1 saturated heterocycles. The second kappa shape index (κ2) is 9.78. The largest absolute Gasteiger partial charge is 0.497 e. The molecule has 0 saturated carbocycles. The highest BCUT2D eigenvalue weighted by atomic mass is 16.5. The molecule has 186 valence electrons. The molecule has 0 radical (unpaired) electrons. The fraction of sp³-hybridized carbons (Fsp3) is 0.320. The second-order valence-electron chi connectivity index (χ2n) is 8.77. The lowest BCUT2D eigenvalue weighted by atomic mass is 10.1. The molecule has 1 fully saturated rings. The summed E-state index contributed by atoms with van der Waals surface area (Å²) in [7, 11) is 5.22. The van der Waals surface area contributed by atoms with Gasteiger partial charge in [0.2, 0.25) is 0 Å². The minimum absolute atomic E-state index is 0.211. The maximum atomic E-state index is 12.7. The van der Waals surface area contributed by atoms with Crippen molar-refractivity contribution in [2.45, 2.75) is 18.9 Å². The van der Waals surface area contributed by atoms with Gasteiger partial charge < -0.3 is 20.1 Å². The Labute approximate surface area is 208 Å². The van der Waals surface area contributed by atoms with Crippen LogP contribution in [0.25, 0.3) is 28.3 Å². The molecule has 0 spiro atoms. The Morgan fingerprint density at radius 3 is 2.42 bits per heavy atom. The van der Waals surface area contributed by atoms with E-state index in [2.05, 4.69) is 27.1 Å². The zero-order valence-corrected chi connectivity index (χ0v) is 20.5. The lowest BCUT2D eigenvalue weighted by Gasteiger charge is -2.28.